The number of halogens is 1. The number of benzene rings is 3. The van der Waals surface area contributed by atoms with Crippen molar-refractivity contribution in [1.82, 2.24) is 0 Å². The highest BCUT2D eigenvalue weighted by atomic mass is 35.5. The summed E-state index contributed by atoms with van der Waals surface area (Å²) >= 11 is 5.95. The lowest BCUT2D eigenvalue weighted by molar-refractivity contribution is -0.133. The molecule has 0 aliphatic carbocycles. The molecule has 0 radical (unpaired) electrons. The molecular formula is C22H17ClN2O3. The minimum Gasteiger partial charge on any atom is -0.372 e. The number of hydrogen-bond donors (Lipinski definition) is 2. The van der Waals surface area contributed by atoms with Crippen LogP contribution in [0, 0.1) is 0 Å². The molecular weight excluding hydrogens is 376 g/mol. The van der Waals surface area contributed by atoms with Crippen LogP contribution in [-0.4, -0.2) is 23.5 Å². The minimum absolute atomic E-state index is 0.225. The molecule has 5 nitrogen and oxygen atoms in total. The molecule has 1 aliphatic heterocycles. The third kappa shape index (κ3) is 3.05. The first-order chi connectivity index (χ1) is 13.5. The van der Waals surface area contributed by atoms with Gasteiger partial charge >= 0.3 is 0 Å². The van der Waals surface area contributed by atoms with E-state index < -0.39 is 11.5 Å². The van der Waals surface area contributed by atoms with Crippen LogP contribution in [-0.2, 0) is 15.2 Å². The Balaban J connectivity index is 1.65. The Hall–Kier alpha value is -3.15. The van der Waals surface area contributed by atoms with Crippen molar-refractivity contribution in [1.29, 1.82) is 0 Å². The van der Waals surface area contributed by atoms with Crippen molar-refractivity contribution in [2.24, 2.45) is 0 Å². The molecule has 2 amide bonds. The zero-order chi connectivity index (χ0) is 19.7. The van der Waals surface area contributed by atoms with Gasteiger partial charge in [-0.3, -0.25) is 14.5 Å². The van der Waals surface area contributed by atoms with Crippen LogP contribution in [0.4, 0.5) is 11.4 Å². The zero-order valence-corrected chi connectivity index (χ0v) is 15.6. The van der Waals surface area contributed by atoms with Crippen LogP contribution in [0.3, 0.4) is 0 Å². The molecule has 3 aromatic carbocycles. The van der Waals surface area contributed by atoms with Crippen LogP contribution >= 0.6 is 11.6 Å². The van der Waals surface area contributed by atoms with Crippen LogP contribution in [0.15, 0.2) is 78.9 Å². The van der Waals surface area contributed by atoms with Crippen molar-refractivity contribution in [3.05, 3.63) is 95.0 Å². The number of fused-ring (bicyclic) bond motifs is 1. The first kappa shape index (κ1) is 18.2. The summed E-state index contributed by atoms with van der Waals surface area (Å²) in [7, 11) is 0. The summed E-state index contributed by atoms with van der Waals surface area (Å²) in [5, 5.41) is 14.6. The summed E-state index contributed by atoms with van der Waals surface area (Å²) in [5.74, 6) is -0.941. The second-order valence-corrected chi connectivity index (χ2v) is 6.98. The number of nitrogens with zero attached hydrogens (tertiary/aromatic N) is 1. The number of amides is 2. The SMILES string of the molecule is O=C(CN1C(=O)C(O)(c2ccccc2)c2ccccc21)Nc1cccc(Cl)c1. The van der Waals surface area contributed by atoms with Gasteiger partial charge in [-0.25, -0.2) is 0 Å². The van der Waals surface area contributed by atoms with E-state index in [0.717, 1.165) is 0 Å². The average Bonchev–Trinajstić information content (AvgIpc) is 2.92. The highest BCUT2D eigenvalue weighted by Gasteiger charge is 2.51. The van der Waals surface area contributed by atoms with Crippen molar-refractivity contribution in [3.63, 3.8) is 0 Å². The van der Waals surface area contributed by atoms with Gasteiger partial charge in [-0.1, -0.05) is 66.2 Å². The van der Waals surface area contributed by atoms with E-state index in [0.29, 0.717) is 27.5 Å². The highest BCUT2D eigenvalue weighted by Crippen LogP contribution is 2.44. The van der Waals surface area contributed by atoms with E-state index in [1.54, 1.807) is 72.8 Å². The number of hydrogen-bond acceptors (Lipinski definition) is 3. The molecule has 0 saturated carbocycles. The molecule has 0 saturated heterocycles. The molecule has 1 heterocycles. The molecule has 6 heteroatoms. The molecule has 0 aromatic heterocycles. The lowest BCUT2D eigenvalue weighted by Crippen LogP contribution is -2.44. The van der Waals surface area contributed by atoms with Crippen molar-refractivity contribution in [3.8, 4) is 0 Å². The molecule has 1 atom stereocenters. The van der Waals surface area contributed by atoms with Gasteiger partial charge in [-0.05, 0) is 29.8 Å². The Morgan fingerprint density at radius 3 is 2.46 bits per heavy atom. The summed E-state index contributed by atoms with van der Waals surface area (Å²) in [6.45, 7) is -0.225. The van der Waals surface area contributed by atoms with Gasteiger partial charge in [-0.15, -0.1) is 0 Å². The lowest BCUT2D eigenvalue weighted by atomic mass is 9.88. The predicted octanol–water partition coefficient (Wildman–Crippen LogP) is 3.56. The zero-order valence-electron chi connectivity index (χ0n) is 14.8. The second-order valence-electron chi connectivity index (χ2n) is 6.54. The standard InChI is InChI=1S/C22H17ClN2O3/c23-16-9-6-10-17(13-16)24-20(26)14-25-19-12-5-4-11-18(19)22(28,21(25)27)15-7-2-1-3-8-15/h1-13,28H,14H2,(H,24,26). The van der Waals surface area contributed by atoms with E-state index in [4.69, 9.17) is 11.6 Å². The van der Waals surface area contributed by atoms with Crippen molar-refractivity contribution in [2.45, 2.75) is 5.60 Å². The van der Waals surface area contributed by atoms with E-state index in [1.807, 2.05) is 6.07 Å². The Labute approximate surface area is 167 Å². The Morgan fingerprint density at radius 1 is 1.00 bits per heavy atom. The molecule has 0 spiro atoms. The number of aliphatic hydroxyl groups is 1. The topological polar surface area (TPSA) is 69.6 Å². The summed E-state index contributed by atoms with van der Waals surface area (Å²) < 4.78 is 0. The quantitative estimate of drug-likeness (QED) is 0.713. The van der Waals surface area contributed by atoms with E-state index >= 15 is 0 Å². The van der Waals surface area contributed by atoms with Crippen LogP contribution in [0.25, 0.3) is 0 Å². The average molecular weight is 393 g/mol. The van der Waals surface area contributed by atoms with Crippen molar-refractivity contribution < 1.29 is 14.7 Å². The fraction of sp³-hybridized carbons (Fsp3) is 0.0909. The number of carbonyl (C=O) groups is 2. The molecule has 3 aromatic rings. The largest absolute Gasteiger partial charge is 0.372 e. The molecule has 2 N–H and O–H groups in total. The molecule has 0 fully saturated rings. The fourth-order valence-corrected chi connectivity index (χ4v) is 3.65. The van der Waals surface area contributed by atoms with E-state index in [1.165, 1.54) is 4.90 Å². The predicted molar refractivity (Wildman–Crippen MR) is 108 cm³/mol. The molecule has 1 unspecified atom stereocenters. The number of carbonyl (C=O) groups excluding carboxylic acids is 2. The Bertz CT molecular complexity index is 1050. The normalized spacial score (nSPS) is 18.1. The number of anilines is 2. The minimum atomic E-state index is -1.83. The maximum atomic E-state index is 13.2. The van der Waals surface area contributed by atoms with Crippen LogP contribution in [0.5, 0.6) is 0 Å². The first-order valence-corrected chi connectivity index (χ1v) is 9.13. The summed E-state index contributed by atoms with van der Waals surface area (Å²) in [5.41, 5.74) is 0.150. The van der Waals surface area contributed by atoms with Crippen LogP contribution < -0.4 is 10.2 Å². The van der Waals surface area contributed by atoms with Gasteiger partial charge in [0, 0.05) is 16.3 Å². The molecule has 28 heavy (non-hydrogen) atoms. The van der Waals surface area contributed by atoms with Crippen LogP contribution in [0.1, 0.15) is 11.1 Å². The second kappa shape index (κ2) is 7.11. The van der Waals surface area contributed by atoms with Gasteiger partial charge in [0.15, 0.2) is 5.60 Å². The third-order valence-corrected chi connectivity index (χ3v) is 4.98. The maximum Gasteiger partial charge on any atom is 0.268 e. The number of nitrogens with one attached hydrogen (secondary N) is 1. The number of rotatable bonds is 4. The molecule has 0 bridgehead atoms. The summed E-state index contributed by atoms with van der Waals surface area (Å²) in [6.07, 6.45) is 0. The van der Waals surface area contributed by atoms with E-state index in [-0.39, 0.29) is 12.5 Å². The van der Waals surface area contributed by atoms with E-state index in [9.17, 15) is 14.7 Å². The Kier molecular flexibility index (Phi) is 4.63. The number of para-hydroxylation sites is 1. The molecule has 4 rings (SSSR count). The summed E-state index contributed by atoms with van der Waals surface area (Å²) in [4.78, 5) is 27.1. The van der Waals surface area contributed by atoms with Crippen LogP contribution in [0.2, 0.25) is 5.02 Å². The van der Waals surface area contributed by atoms with Gasteiger partial charge in [-0.2, -0.15) is 0 Å². The van der Waals surface area contributed by atoms with Crippen molar-refractivity contribution >= 4 is 34.8 Å². The Morgan fingerprint density at radius 2 is 1.71 bits per heavy atom. The summed E-state index contributed by atoms with van der Waals surface area (Å²) in [6, 6.07) is 22.5. The monoisotopic (exact) mass is 392 g/mol. The van der Waals surface area contributed by atoms with Gasteiger partial charge in [0.05, 0.1) is 5.69 Å². The third-order valence-electron chi connectivity index (χ3n) is 4.74. The van der Waals surface area contributed by atoms with Gasteiger partial charge in [0.2, 0.25) is 5.91 Å². The van der Waals surface area contributed by atoms with Gasteiger partial charge in [0.1, 0.15) is 6.54 Å². The highest BCUT2D eigenvalue weighted by molar-refractivity contribution is 6.30. The molecule has 1 aliphatic rings. The van der Waals surface area contributed by atoms with Gasteiger partial charge in [0.25, 0.3) is 5.91 Å². The molecule has 140 valence electrons. The maximum absolute atomic E-state index is 13.2. The fourth-order valence-electron chi connectivity index (χ4n) is 3.46. The van der Waals surface area contributed by atoms with Gasteiger partial charge < -0.3 is 10.4 Å². The smallest absolute Gasteiger partial charge is 0.268 e. The van der Waals surface area contributed by atoms with E-state index in [2.05, 4.69) is 5.32 Å². The lowest BCUT2D eigenvalue weighted by Gasteiger charge is -2.23. The van der Waals surface area contributed by atoms with Crippen molar-refractivity contribution in [2.75, 3.05) is 16.8 Å². The first-order valence-electron chi connectivity index (χ1n) is 8.75.